The van der Waals surface area contributed by atoms with Crippen molar-refractivity contribution in [1.82, 2.24) is 0 Å². The molecule has 0 bridgehead atoms. The average molecular weight is 340 g/mol. The van der Waals surface area contributed by atoms with Crippen molar-refractivity contribution in [2.45, 2.75) is 55.1 Å². The highest BCUT2D eigenvalue weighted by Gasteiger charge is 2.48. The highest BCUT2D eigenvalue weighted by Crippen LogP contribution is 2.27. The van der Waals surface area contributed by atoms with Crippen LogP contribution in [0.3, 0.4) is 0 Å². The first-order chi connectivity index (χ1) is 10.9. The van der Waals surface area contributed by atoms with Crippen molar-refractivity contribution in [2.75, 3.05) is 26.9 Å². The van der Waals surface area contributed by atoms with Gasteiger partial charge in [0.05, 0.1) is 19.8 Å². The molecule has 2 aliphatic heterocycles. The number of hydrogen-bond acceptors (Lipinski definition) is 10. The fourth-order valence-electron chi connectivity index (χ4n) is 2.71. The molecule has 2 aliphatic rings. The van der Waals surface area contributed by atoms with Gasteiger partial charge in [0.25, 0.3) is 0 Å². The number of ether oxygens (including phenoxy) is 4. The number of rotatable bonds is 5. The molecule has 0 aromatic rings. The van der Waals surface area contributed by atoms with Gasteiger partial charge >= 0.3 is 0 Å². The quantitative estimate of drug-likeness (QED) is 0.291. The summed E-state index contributed by atoms with van der Waals surface area (Å²) < 4.78 is 21.1. The molecule has 0 aliphatic carbocycles. The van der Waals surface area contributed by atoms with E-state index in [-0.39, 0.29) is 6.61 Å². The Balaban J connectivity index is 2.10. The third-order valence-corrected chi connectivity index (χ3v) is 4.18. The summed E-state index contributed by atoms with van der Waals surface area (Å²) in [6.45, 7) is -0.994. The van der Waals surface area contributed by atoms with Crippen LogP contribution in [0.25, 0.3) is 0 Å². The lowest BCUT2D eigenvalue weighted by Crippen LogP contribution is -2.63. The topological polar surface area (TPSA) is 158 Å². The molecule has 0 aromatic heterocycles. The summed E-state index contributed by atoms with van der Waals surface area (Å²) in [6, 6.07) is 0. The Morgan fingerprint density at radius 1 is 0.913 bits per heavy atom. The fourth-order valence-corrected chi connectivity index (χ4v) is 2.71. The summed E-state index contributed by atoms with van der Waals surface area (Å²) in [7, 11) is 1.38. The Bertz CT molecular complexity index is 367. The van der Waals surface area contributed by atoms with Gasteiger partial charge < -0.3 is 49.6 Å². The maximum atomic E-state index is 10.2. The Morgan fingerprint density at radius 2 is 1.57 bits per heavy atom. The van der Waals surface area contributed by atoms with Crippen molar-refractivity contribution in [2.24, 2.45) is 0 Å². The van der Waals surface area contributed by atoms with E-state index >= 15 is 0 Å². The monoisotopic (exact) mass is 340 g/mol. The molecular weight excluding hydrogens is 316 g/mol. The van der Waals surface area contributed by atoms with Crippen LogP contribution in [0.1, 0.15) is 0 Å². The van der Waals surface area contributed by atoms with Crippen LogP contribution in [0.2, 0.25) is 0 Å². The first-order valence-corrected chi connectivity index (χ1v) is 7.33. The van der Waals surface area contributed by atoms with E-state index in [0.29, 0.717) is 0 Å². The van der Waals surface area contributed by atoms with E-state index < -0.39 is 68.3 Å². The summed E-state index contributed by atoms with van der Waals surface area (Å²) in [6.07, 6.45) is -11.1. The van der Waals surface area contributed by atoms with Crippen LogP contribution in [-0.4, -0.2) is 113 Å². The maximum absolute atomic E-state index is 10.2. The van der Waals surface area contributed by atoms with E-state index in [9.17, 15) is 25.5 Å². The van der Waals surface area contributed by atoms with Crippen molar-refractivity contribution in [3.05, 3.63) is 0 Å². The second-order valence-electron chi connectivity index (χ2n) is 5.62. The van der Waals surface area contributed by atoms with E-state index in [0.717, 1.165) is 0 Å². The molecule has 2 fully saturated rings. The van der Waals surface area contributed by atoms with Gasteiger partial charge in [-0.05, 0) is 0 Å². The van der Waals surface area contributed by atoms with E-state index in [1.165, 1.54) is 7.11 Å². The van der Waals surface area contributed by atoms with Crippen LogP contribution in [-0.2, 0) is 18.9 Å². The van der Waals surface area contributed by atoms with E-state index in [1.807, 2.05) is 0 Å². The summed E-state index contributed by atoms with van der Waals surface area (Å²) >= 11 is 0. The molecule has 23 heavy (non-hydrogen) atoms. The summed E-state index contributed by atoms with van der Waals surface area (Å²) in [5, 5.41) is 58.2. The molecule has 2 heterocycles. The molecule has 9 unspecified atom stereocenters. The van der Waals surface area contributed by atoms with Gasteiger partial charge in [-0.3, -0.25) is 0 Å². The van der Waals surface area contributed by atoms with Gasteiger partial charge in [-0.1, -0.05) is 0 Å². The lowest BCUT2D eigenvalue weighted by atomic mass is 9.97. The van der Waals surface area contributed by atoms with Gasteiger partial charge in [0.15, 0.2) is 6.29 Å². The minimum atomic E-state index is -1.61. The lowest BCUT2D eigenvalue weighted by molar-refractivity contribution is -0.337. The van der Waals surface area contributed by atoms with Crippen LogP contribution in [0.4, 0.5) is 0 Å². The normalized spacial score (nSPS) is 48.4. The van der Waals surface area contributed by atoms with Crippen molar-refractivity contribution in [1.29, 1.82) is 0 Å². The minimum Gasteiger partial charge on any atom is -0.394 e. The minimum absolute atomic E-state index is 0.0530. The third-order valence-electron chi connectivity index (χ3n) is 4.18. The summed E-state index contributed by atoms with van der Waals surface area (Å²) in [5.74, 6) is 0. The van der Waals surface area contributed by atoms with E-state index in [1.54, 1.807) is 0 Å². The second-order valence-corrected chi connectivity index (χ2v) is 5.62. The first kappa shape index (κ1) is 18.9. The zero-order chi connectivity index (χ0) is 17.1. The van der Waals surface area contributed by atoms with Gasteiger partial charge in [0.1, 0.15) is 48.8 Å². The highest BCUT2D eigenvalue weighted by atomic mass is 16.7. The van der Waals surface area contributed by atoms with Crippen molar-refractivity contribution < 1.29 is 49.6 Å². The second kappa shape index (κ2) is 8.12. The van der Waals surface area contributed by atoms with Gasteiger partial charge in [-0.2, -0.15) is 0 Å². The first-order valence-electron chi connectivity index (χ1n) is 7.33. The SMILES string of the molecule is COC1COC(CO)C(OC2OC(CO)C(O)C(O)C2O)C1O. The predicted octanol–water partition coefficient (Wildman–Crippen LogP) is -4.06. The average Bonchev–Trinajstić information content (AvgIpc) is 2.56. The molecule has 2 rings (SSSR count). The van der Waals surface area contributed by atoms with Crippen LogP contribution < -0.4 is 0 Å². The van der Waals surface area contributed by atoms with E-state index in [4.69, 9.17) is 24.1 Å². The molecule has 10 heteroatoms. The third kappa shape index (κ3) is 3.82. The standard InChI is InChI=1S/C13H24O10/c1-20-7-4-21-6(3-15)12(9(7)17)23-13-11(19)10(18)8(16)5(2-14)22-13/h5-19H,2-4H2,1H3. The molecule has 9 atom stereocenters. The molecule has 6 N–H and O–H groups in total. The Morgan fingerprint density at radius 3 is 2.13 bits per heavy atom. The maximum Gasteiger partial charge on any atom is 0.187 e. The molecule has 136 valence electrons. The van der Waals surface area contributed by atoms with Gasteiger partial charge in [0, 0.05) is 7.11 Å². The van der Waals surface area contributed by atoms with Crippen molar-refractivity contribution in [3.8, 4) is 0 Å². The molecule has 0 spiro atoms. The highest BCUT2D eigenvalue weighted by molar-refractivity contribution is 4.93. The zero-order valence-corrected chi connectivity index (χ0v) is 12.6. The summed E-state index contributed by atoms with van der Waals surface area (Å²) in [5.41, 5.74) is 0. The van der Waals surface area contributed by atoms with E-state index in [2.05, 4.69) is 0 Å². The predicted molar refractivity (Wildman–Crippen MR) is 72.3 cm³/mol. The molecular formula is C13H24O10. The molecule has 0 saturated carbocycles. The number of methoxy groups -OCH3 is 1. The Labute approximate surface area is 132 Å². The Kier molecular flexibility index (Phi) is 6.68. The Hall–Kier alpha value is -0.400. The van der Waals surface area contributed by atoms with Crippen LogP contribution in [0, 0.1) is 0 Å². The summed E-state index contributed by atoms with van der Waals surface area (Å²) in [4.78, 5) is 0. The molecule has 0 radical (unpaired) electrons. The van der Waals surface area contributed by atoms with Crippen LogP contribution >= 0.6 is 0 Å². The molecule has 0 amide bonds. The van der Waals surface area contributed by atoms with Crippen molar-refractivity contribution in [3.63, 3.8) is 0 Å². The largest absolute Gasteiger partial charge is 0.394 e. The lowest BCUT2D eigenvalue weighted by Gasteiger charge is -2.44. The van der Waals surface area contributed by atoms with Crippen LogP contribution in [0.5, 0.6) is 0 Å². The smallest absolute Gasteiger partial charge is 0.187 e. The van der Waals surface area contributed by atoms with Gasteiger partial charge in [0.2, 0.25) is 0 Å². The van der Waals surface area contributed by atoms with Gasteiger partial charge in [-0.15, -0.1) is 0 Å². The number of aliphatic hydroxyl groups excluding tert-OH is 6. The fraction of sp³-hybridized carbons (Fsp3) is 1.00. The number of hydrogen-bond donors (Lipinski definition) is 6. The molecule has 0 aromatic carbocycles. The number of aliphatic hydroxyl groups is 6. The van der Waals surface area contributed by atoms with Crippen LogP contribution in [0.15, 0.2) is 0 Å². The molecule has 2 saturated heterocycles. The zero-order valence-electron chi connectivity index (χ0n) is 12.6. The molecule has 10 nitrogen and oxygen atoms in total. The van der Waals surface area contributed by atoms with Gasteiger partial charge in [-0.25, -0.2) is 0 Å². The van der Waals surface area contributed by atoms with Crippen molar-refractivity contribution >= 4 is 0 Å².